The van der Waals surface area contributed by atoms with Crippen LogP contribution in [0.1, 0.15) is 290 Å². The number of esters is 3. The van der Waals surface area contributed by atoms with Crippen molar-refractivity contribution < 1.29 is 28.6 Å². The zero-order valence-corrected chi connectivity index (χ0v) is 51.3. The van der Waals surface area contributed by atoms with E-state index in [4.69, 9.17) is 14.2 Å². The fourth-order valence-electron chi connectivity index (χ4n) is 8.81. The predicted octanol–water partition coefficient (Wildman–Crippen LogP) is 22.5. The quantitative estimate of drug-likeness (QED) is 0.0261. The summed E-state index contributed by atoms with van der Waals surface area (Å²) in [5.41, 5.74) is 0. The Bertz CT molecular complexity index is 1680. The summed E-state index contributed by atoms with van der Waals surface area (Å²) in [6, 6.07) is 0. The van der Waals surface area contributed by atoms with E-state index in [1.165, 1.54) is 128 Å². The lowest BCUT2D eigenvalue weighted by Gasteiger charge is -2.18. The molecule has 0 radical (unpaired) electrons. The molecule has 6 nitrogen and oxygen atoms in total. The average Bonchev–Trinajstić information content (AvgIpc) is 3.45. The van der Waals surface area contributed by atoms with E-state index >= 15 is 0 Å². The van der Waals surface area contributed by atoms with Crippen LogP contribution >= 0.6 is 0 Å². The monoisotopic (exact) mass is 1090 g/mol. The first kappa shape index (κ1) is 74.5. The molecule has 0 aliphatic heterocycles. The number of carbonyl (C=O) groups excluding carboxylic acids is 3. The minimum atomic E-state index is -0.819. The second-order valence-corrected chi connectivity index (χ2v) is 21.3. The molecular weight excluding hydrogens is 973 g/mol. The van der Waals surface area contributed by atoms with E-state index in [1.54, 1.807) is 0 Å². The topological polar surface area (TPSA) is 78.9 Å². The van der Waals surface area contributed by atoms with Crippen LogP contribution in [-0.4, -0.2) is 37.2 Å². The summed E-state index contributed by atoms with van der Waals surface area (Å²) in [6.07, 6.45) is 93.4. The Hall–Kier alpha value is -4.45. The number of rotatable bonds is 58. The first-order valence-corrected chi connectivity index (χ1v) is 32.7. The molecule has 6 heteroatoms. The van der Waals surface area contributed by atoms with Crippen molar-refractivity contribution in [3.63, 3.8) is 0 Å². The molecule has 0 aromatic heterocycles. The van der Waals surface area contributed by atoms with E-state index in [9.17, 15) is 14.4 Å². The molecule has 0 aliphatic rings. The molecule has 0 heterocycles. The highest BCUT2D eigenvalue weighted by molar-refractivity contribution is 5.71. The third kappa shape index (κ3) is 64.3. The average molecular weight is 1090 g/mol. The van der Waals surface area contributed by atoms with E-state index in [1.807, 2.05) is 6.08 Å². The van der Waals surface area contributed by atoms with E-state index in [0.29, 0.717) is 19.3 Å². The summed E-state index contributed by atoms with van der Waals surface area (Å²) in [6.45, 7) is 6.34. The Morgan fingerprint density at radius 3 is 0.848 bits per heavy atom. The molecule has 0 aromatic carbocycles. The van der Waals surface area contributed by atoms with Gasteiger partial charge in [-0.2, -0.15) is 0 Å². The summed E-state index contributed by atoms with van der Waals surface area (Å²) in [4.78, 5) is 38.3. The highest BCUT2D eigenvalue weighted by Gasteiger charge is 2.19. The summed E-state index contributed by atoms with van der Waals surface area (Å²) in [7, 11) is 0. The van der Waals surface area contributed by atoms with Gasteiger partial charge in [-0.3, -0.25) is 14.4 Å². The zero-order chi connectivity index (χ0) is 57.1. The van der Waals surface area contributed by atoms with Gasteiger partial charge in [0.05, 0.1) is 0 Å². The molecule has 0 fully saturated rings. The Morgan fingerprint density at radius 1 is 0.266 bits per heavy atom. The van der Waals surface area contributed by atoms with Crippen LogP contribution in [-0.2, 0) is 28.6 Å². The molecule has 0 saturated carbocycles. The maximum Gasteiger partial charge on any atom is 0.306 e. The van der Waals surface area contributed by atoms with Crippen LogP contribution in [0.15, 0.2) is 134 Å². The highest BCUT2D eigenvalue weighted by Crippen LogP contribution is 2.16. The molecule has 0 saturated heterocycles. The van der Waals surface area contributed by atoms with Gasteiger partial charge in [0, 0.05) is 19.3 Å². The molecule has 0 bridgehead atoms. The van der Waals surface area contributed by atoms with Crippen LogP contribution in [0.2, 0.25) is 0 Å². The Labute approximate surface area is 487 Å². The lowest BCUT2D eigenvalue weighted by atomic mass is 10.0. The molecule has 448 valence electrons. The van der Waals surface area contributed by atoms with Crippen molar-refractivity contribution in [2.45, 2.75) is 297 Å². The summed E-state index contributed by atoms with van der Waals surface area (Å²) < 4.78 is 16.8. The molecular formula is C73H120O6. The van der Waals surface area contributed by atoms with Gasteiger partial charge in [-0.05, 0) is 122 Å². The van der Waals surface area contributed by atoms with Crippen LogP contribution < -0.4 is 0 Å². The number of ether oxygens (including phenoxy) is 3. The van der Waals surface area contributed by atoms with Gasteiger partial charge in [0.15, 0.2) is 6.10 Å². The van der Waals surface area contributed by atoms with E-state index in [0.717, 1.165) is 116 Å². The second-order valence-electron chi connectivity index (χ2n) is 21.3. The summed E-state index contributed by atoms with van der Waals surface area (Å²) in [5, 5.41) is 0. The minimum Gasteiger partial charge on any atom is -0.462 e. The number of unbranched alkanes of at least 4 members (excludes halogenated alkanes) is 25. The second kappa shape index (κ2) is 66.1. The predicted molar refractivity (Wildman–Crippen MR) is 343 cm³/mol. The number of allylic oxidation sites excluding steroid dienone is 22. The normalized spacial score (nSPS) is 13.0. The zero-order valence-electron chi connectivity index (χ0n) is 51.3. The number of hydrogen-bond donors (Lipinski definition) is 0. The van der Waals surface area contributed by atoms with E-state index in [2.05, 4.69) is 148 Å². The molecule has 0 aromatic rings. The lowest BCUT2D eigenvalue weighted by molar-refractivity contribution is -0.166. The molecule has 0 rings (SSSR count). The summed E-state index contributed by atoms with van der Waals surface area (Å²) >= 11 is 0. The Kier molecular flexibility index (Phi) is 62.3. The van der Waals surface area contributed by atoms with Crippen molar-refractivity contribution in [1.29, 1.82) is 0 Å². The summed E-state index contributed by atoms with van der Waals surface area (Å²) in [5.74, 6) is -1.00. The van der Waals surface area contributed by atoms with Crippen LogP contribution in [0, 0.1) is 0 Å². The first-order valence-electron chi connectivity index (χ1n) is 32.7. The lowest BCUT2D eigenvalue weighted by Crippen LogP contribution is -2.30. The SMILES string of the molecule is CC/C=C\C/C=C\C/C=C\C/C=C\C/C=C\CCCCCCCCCC(=O)OC(COC(=O)CC/C=C\C/C=C\C/C=C\C/C=C\CC)COC(=O)CCCCCCCCCCCCCCC/C=C\C/C=C\CCCCCCC. The van der Waals surface area contributed by atoms with Crippen molar-refractivity contribution in [2.75, 3.05) is 13.2 Å². The van der Waals surface area contributed by atoms with Crippen LogP contribution in [0.4, 0.5) is 0 Å². The molecule has 0 spiro atoms. The highest BCUT2D eigenvalue weighted by atomic mass is 16.6. The maximum atomic E-state index is 12.9. The third-order valence-corrected chi connectivity index (χ3v) is 13.6. The van der Waals surface area contributed by atoms with Gasteiger partial charge in [-0.25, -0.2) is 0 Å². The molecule has 0 amide bonds. The van der Waals surface area contributed by atoms with Gasteiger partial charge < -0.3 is 14.2 Å². The molecule has 0 aliphatic carbocycles. The van der Waals surface area contributed by atoms with Crippen molar-refractivity contribution in [1.82, 2.24) is 0 Å². The van der Waals surface area contributed by atoms with Crippen molar-refractivity contribution in [3.05, 3.63) is 134 Å². The van der Waals surface area contributed by atoms with Gasteiger partial charge in [-0.15, -0.1) is 0 Å². The number of carbonyl (C=O) groups is 3. The first-order chi connectivity index (χ1) is 39.0. The van der Waals surface area contributed by atoms with Crippen molar-refractivity contribution in [3.8, 4) is 0 Å². The van der Waals surface area contributed by atoms with Crippen molar-refractivity contribution >= 4 is 17.9 Å². The van der Waals surface area contributed by atoms with Crippen LogP contribution in [0.25, 0.3) is 0 Å². The fourth-order valence-corrected chi connectivity index (χ4v) is 8.81. The Balaban J connectivity index is 4.38. The standard InChI is InChI=1S/C73H120O6/c1-4-7-10-13-16-19-22-25-27-29-31-33-35-36-38-39-41-43-45-48-51-54-57-60-63-66-72(75)78-69-70(68-77-71(74)65-62-59-56-53-50-47-24-21-18-15-12-9-6-3)79-73(76)67-64-61-58-55-52-49-46-44-42-40-37-34-32-30-28-26-23-20-17-14-11-8-5-2/h8-9,11-12,17-18,20-22,25-26,28-29,31-32,34,40,42,47,50,56,59,70H,4-7,10,13-16,19,23-24,27,30,33,35-39,41,43-46,48-49,51-55,57-58,60-69H2,1-3H3/b11-8-,12-9-,20-17-,21-18-,25-22-,28-26-,31-29-,34-32-,42-40-,50-47-,59-56-. The van der Waals surface area contributed by atoms with Crippen molar-refractivity contribution in [2.24, 2.45) is 0 Å². The van der Waals surface area contributed by atoms with Gasteiger partial charge >= 0.3 is 17.9 Å². The Morgan fingerprint density at radius 2 is 0.519 bits per heavy atom. The molecule has 1 atom stereocenters. The van der Waals surface area contributed by atoms with Gasteiger partial charge in [0.2, 0.25) is 0 Å². The van der Waals surface area contributed by atoms with Crippen LogP contribution in [0.3, 0.4) is 0 Å². The van der Waals surface area contributed by atoms with E-state index < -0.39 is 6.10 Å². The fraction of sp³-hybridized carbons (Fsp3) is 0.658. The number of hydrogen-bond acceptors (Lipinski definition) is 6. The smallest absolute Gasteiger partial charge is 0.306 e. The minimum absolute atomic E-state index is 0.108. The van der Waals surface area contributed by atoms with Crippen LogP contribution in [0.5, 0.6) is 0 Å². The van der Waals surface area contributed by atoms with Gasteiger partial charge in [0.25, 0.3) is 0 Å². The maximum absolute atomic E-state index is 12.9. The van der Waals surface area contributed by atoms with E-state index in [-0.39, 0.29) is 37.5 Å². The van der Waals surface area contributed by atoms with Gasteiger partial charge in [0.1, 0.15) is 13.2 Å². The van der Waals surface area contributed by atoms with Gasteiger partial charge in [-0.1, -0.05) is 283 Å². The molecule has 1 unspecified atom stereocenters. The molecule has 79 heavy (non-hydrogen) atoms. The molecule has 0 N–H and O–H groups in total. The third-order valence-electron chi connectivity index (χ3n) is 13.6. The largest absolute Gasteiger partial charge is 0.462 e.